The third kappa shape index (κ3) is 2.14. The third-order valence-corrected chi connectivity index (χ3v) is 2.31. The number of hydrogen-bond donors (Lipinski definition) is 1. The number of nitrogens with zero attached hydrogens (tertiary/aromatic N) is 1. The number of aromatic nitrogens is 1. The first-order valence-electron chi connectivity index (χ1n) is 5.25. The summed E-state index contributed by atoms with van der Waals surface area (Å²) in [5, 5.41) is 0. The van der Waals surface area contributed by atoms with Gasteiger partial charge in [-0.2, -0.15) is 0 Å². The minimum atomic E-state index is 0.548. The van der Waals surface area contributed by atoms with Crippen LogP contribution in [0.3, 0.4) is 0 Å². The standard InChI is InChI=1S/C13H14N2O/c1-2-16-11-7-5-10(6-8-11)12-4-3-9-15-13(12)14/h3-9H,2H2,1H3,(H2,14,15). The fourth-order valence-electron chi connectivity index (χ4n) is 1.56. The fourth-order valence-corrected chi connectivity index (χ4v) is 1.56. The van der Waals surface area contributed by atoms with Gasteiger partial charge in [0, 0.05) is 11.8 Å². The van der Waals surface area contributed by atoms with Crippen molar-refractivity contribution in [1.29, 1.82) is 0 Å². The largest absolute Gasteiger partial charge is 0.494 e. The topological polar surface area (TPSA) is 48.1 Å². The van der Waals surface area contributed by atoms with Crippen LogP contribution in [0.4, 0.5) is 5.82 Å². The Morgan fingerprint density at radius 2 is 1.94 bits per heavy atom. The summed E-state index contributed by atoms with van der Waals surface area (Å²) in [5.41, 5.74) is 7.81. The van der Waals surface area contributed by atoms with Crippen molar-refractivity contribution in [2.75, 3.05) is 12.3 Å². The van der Waals surface area contributed by atoms with Gasteiger partial charge in [0.25, 0.3) is 0 Å². The molecule has 0 aliphatic carbocycles. The van der Waals surface area contributed by atoms with Gasteiger partial charge in [-0.25, -0.2) is 4.98 Å². The molecule has 0 saturated heterocycles. The van der Waals surface area contributed by atoms with Gasteiger partial charge in [0.05, 0.1) is 6.61 Å². The van der Waals surface area contributed by atoms with E-state index < -0.39 is 0 Å². The van der Waals surface area contributed by atoms with Crippen molar-refractivity contribution in [2.45, 2.75) is 6.92 Å². The molecule has 0 spiro atoms. The Kier molecular flexibility index (Phi) is 3.05. The first-order valence-corrected chi connectivity index (χ1v) is 5.25. The summed E-state index contributed by atoms with van der Waals surface area (Å²) < 4.78 is 5.38. The highest BCUT2D eigenvalue weighted by atomic mass is 16.5. The maximum Gasteiger partial charge on any atom is 0.131 e. The smallest absolute Gasteiger partial charge is 0.131 e. The molecular formula is C13H14N2O. The Labute approximate surface area is 94.9 Å². The number of benzene rings is 1. The molecule has 3 heteroatoms. The Bertz CT molecular complexity index is 466. The Hall–Kier alpha value is -2.03. The molecule has 1 aromatic carbocycles. The zero-order valence-corrected chi connectivity index (χ0v) is 9.18. The number of rotatable bonds is 3. The molecule has 0 unspecified atom stereocenters. The van der Waals surface area contributed by atoms with Crippen LogP contribution >= 0.6 is 0 Å². The molecule has 0 fully saturated rings. The summed E-state index contributed by atoms with van der Waals surface area (Å²) in [6.45, 7) is 2.64. The predicted molar refractivity (Wildman–Crippen MR) is 65.3 cm³/mol. The lowest BCUT2D eigenvalue weighted by Crippen LogP contribution is -1.94. The maximum atomic E-state index is 5.81. The molecule has 0 aliphatic rings. The second kappa shape index (κ2) is 4.66. The molecule has 0 radical (unpaired) electrons. The van der Waals surface area contributed by atoms with E-state index in [0.717, 1.165) is 16.9 Å². The molecule has 0 saturated carbocycles. The minimum Gasteiger partial charge on any atom is -0.494 e. The number of nitrogens with two attached hydrogens (primary N) is 1. The first-order chi connectivity index (χ1) is 7.81. The van der Waals surface area contributed by atoms with Crippen molar-refractivity contribution < 1.29 is 4.74 Å². The van der Waals surface area contributed by atoms with E-state index in [4.69, 9.17) is 10.5 Å². The van der Waals surface area contributed by atoms with Crippen LogP contribution in [-0.2, 0) is 0 Å². The van der Waals surface area contributed by atoms with Gasteiger partial charge in [-0.15, -0.1) is 0 Å². The zero-order chi connectivity index (χ0) is 11.4. The third-order valence-electron chi connectivity index (χ3n) is 2.31. The summed E-state index contributed by atoms with van der Waals surface area (Å²) in [7, 11) is 0. The molecular weight excluding hydrogens is 200 g/mol. The van der Waals surface area contributed by atoms with Crippen molar-refractivity contribution in [3.63, 3.8) is 0 Å². The fraction of sp³-hybridized carbons (Fsp3) is 0.154. The summed E-state index contributed by atoms with van der Waals surface area (Å²) in [4.78, 5) is 4.06. The van der Waals surface area contributed by atoms with Gasteiger partial charge in [0.2, 0.25) is 0 Å². The van der Waals surface area contributed by atoms with E-state index >= 15 is 0 Å². The monoisotopic (exact) mass is 214 g/mol. The number of pyridine rings is 1. The summed E-state index contributed by atoms with van der Waals surface area (Å²) in [5.74, 6) is 1.42. The van der Waals surface area contributed by atoms with E-state index in [1.807, 2.05) is 43.3 Å². The molecule has 2 N–H and O–H groups in total. The Morgan fingerprint density at radius 1 is 1.19 bits per heavy atom. The van der Waals surface area contributed by atoms with Crippen LogP contribution in [0.25, 0.3) is 11.1 Å². The van der Waals surface area contributed by atoms with Crippen molar-refractivity contribution in [3.05, 3.63) is 42.6 Å². The van der Waals surface area contributed by atoms with E-state index in [1.165, 1.54) is 0 Å². The molecule has 0 aliphatic heterocycles. The molecule has 2 rings (SSSR count). The molecule has 3 nitrogen and oxygen atoms in total. The summed E-state index contributed by atoms with van der Waals surface area (Å²) in [6.07, 6.45) is 1.69. The highest BCUT2D eigenvalue weighted by Gasteiger charge is 2.02. The van der Waals surface area contributed by atoms with Crippen molar-refractivity contribution in [3.8, 4) is 16.9 Å². The predicted octanol–water partition coefficient (Wildman–Crippen LogP) is 2.73. The number of anilines is 1. The average molecular weight is 214 g/mol. The van der Waals surface area contributed by atoms with Gasteiger partial charge >= 0.3 is 0 Å². The Morgan fingerprint density at radius 3 is 2.56 bits per heavy atom. The van der Waals surface area contributed by atoms with Gasteiger partial charge in [0.1, 0.15) is 11.6 Å². The van der Waals surface area contributed by atoms with E-state index in [1.54, 1.807) is 6.20 Å². The van der Waals surface area contributed by atoms with Crippen LogP contribution < -0.4 is 10.5 Å². The normalized spacial score (nSPS) is 10.1. The molecule has 0 bridgehead atoms. The van der Waals surface area contributed by atoms with Gasteiger partial charge < -0.3 is 10.5 Å². The first kappa shape index (κ1) is 10.5. The van der Waals surface area contributed by atoms with E-state index in [0.29, 0.717) is 12.4 Å². The van der Waals surface area contributed by atoms with Crippen LogP contribution in [0.2, 0.25) is 0 Å². The van der Waals surface area contributed by atoms with Crippen molar-refractivity contribution in [2.24, 2.45) is 0 Å². The molecule has 2 aromatic rings. The van der Waals surface area contributed by atoms with Gasteiger partial charge in [-0.05, 0) is 36.8 Å². The van der Waals surface area contributed by atoms with Crippen LogP contribution in [0.15, 0.2) is 42.6 Å². The van der Waals surface area contributed by atoms with Crippen LogP contribution in [0.1, 0.15) is 6.92 Å². The van der Waals surface area contributed by atoms with E-state index in [9.17, 15) is 0 Å². The van der Waals surface area contributed by atoms with Crippen LogP contribution in [0, 0.1) is 0 Å². The van der Waals surface area contributed by atoms with E-state index in [-0.39, 0.29) is 0 Å². The van der Waals surface area contributed by atoms with Crippen molar-refractivity contribution in [1.82, 2.24) is 4.98 Å². The lowest BCUT2D eigenvalue weighted by molar-refractivity contribution is 0.340. The lowest BCUT2D eigenvalue weighted by atomic mass is 10.1. The second-order valence-electron chi connectivity index (χ2n) is 3.39. The molecule has 0 amide bonds. The van der Waals surface area contributed by atoms with Crippen LogP contribution in [-0.4, -0.2) is 11.6 Å². The number of nitrogen functional groups attached to an aromatic ring is 1. The van der Waals surface area contributed by atoms with Crippen LogP contribution in [0.5, 0.6) is 5.75 Å². The summed E-state index contributed by atoms with van der Waals surface area (Å²) >= 11 is 0. The highest BCUT2D eigenvalue weighted by molar-refractivity contribution is 5.73. The van der Waals surface area contributed by atoms with Gasteiger partial charge in [0.15, 0.2) is 0 Å². The second-order valence-corrected chi connectivity index (χ2v) is 3.39. The maximum absolute atomic E-state index is 5.81. The van der Waals surface area contributed by atoms with Gasteiger partial charge in [-0.3, -0.25) is 0 Å². The van der Waals surface area contributed by atoms with Crippen molar-refractivity contribution >= 4 is 5.82 Å². The van der Waals surface area contributed by atoms with E-state index in [2.05, 4.69) is 4.98 Å². The lowest BCUT2D eigenvalue weighted by Gasteiger charge is -2.06. The summed E-state index contributed by atoms with van der Waals surface area (Å²) in [6, 6.07) is 11.7. The number of hydrogen-bond acceptors (Lipinski definition) is 3. The zero-order valence-electron chi connectivity index (χ0n) is 9.18. The molecule has 1 heterocycles. The molecule has 0 atom stereocenters. The average Bonchev–Trinajstić information content (AvgIpc) is 2.31. The minimum absolute atomic E-state index is 0.548. The highest BCUT2D eigenvalue weighted by Crippen LogP contribution is 2.25. The Balaban J connectivity index is 2.31. The number of ether oxygens (including phenoxy) is 1. The quantitative estimate of drug-likeness (QED) is 0.854. The molecule has 82 valence electrons. The van der Waals surface area contributed by atoms with Gasteiger partial charge in [-0.1, -0.05) is 12.1 Å². The SMILES string of the molecule is CCOc1ccc(-c2cccnc2N)cc1. The molecule has 16 heavy (non-hydrogen) atoms. The molecule has 1 aromatic heterocycles.